The lowest BCUT2D eigenvalue weighted by atomic mass is 10.2. The van der Waals surface area contributed by atoms with E-state index >= 15 is 0 Å². The second kappa shape index (κ2) is 6.91. The quantitative estimate of drug-likeness (QED) is 0.832. The first-order valence-electron chi connectivity index (χ1n) is 5.86. The topological polar surface area (TPSA) is 62.1 Å². The van der Waals surface area contributed by atoms with Crippen LogP contribution in [0.4, 0.5) is 5.69 Å². The van der Waals surface area contributed by atoms with Gasteiger partial charge in [-0.3, -0.25) is 4.79 Å². The fourth-order valence-electron chi connectivity index (χ4n) is 1.53. The molecule has 1 N–H and O–H groups in total. The molecular formula is C15H11IN2O2. The van der Waals surface area contributed by atoms with Crippen LogP contribution in [0.15, 0.2) is 48.5 Å². The summed E-state index contributed by atoms with van der Waals surface area (Å²) < 4.78 is 6.44. The van der Waals surface area contributed by atoms with E-state index in [0.717, 1.165) is 9.26 Å². The summed E-state index contributed by atoms with van der Waals surface area (Å²) >= 11 is 2.20. The SMILES string of the molecule is N#Cc1cccc(OCC(=O)Nc2ccc(I)cc2)c1. The fourth-order valence-corrected chi connectivity index (χ4v) is 1.89. The predicted octanol–water partition coefficient (Wildman–Crippen LogP) is 3.18. The average molecular weight is 378 g/mol. The van der Waals surface area contributed by atoms with Gasteiger partial charge in [-0.25, -0.2) is 0 Å². The first-order valence-corrected chi connectivity index (χ1v) is 6.93. The third-order valence-corrected chi connectivity index (χ3v) is 3.18. The van der Waals surface area contributed by atoms with E-state index in [-0.39, 0.29) is 12.5 Å². The molecule has 0 aliphatic carbocycles. The number of nitrogens with one attached hydrogen (secondary N) is 1. The van der Waals surface area contributed by atoms with Gasteiger partial charge in [0.15, 0.2) is 6.61 Å². The highest BCUT2D eigenvalue weighted by molar-refractivity contribution is 14.1. The third-order valence-electron chi connectivity index (χ3n) is 2.46. The van der Waals surface area contributed by atoms with Gasteiger partial charge in [0.05, 0.1) is 11.6 Å². The van der Waals surface area contributed by atoms with Crippen LogP contribution in [0.1, 0.15) is 5.56 Å². The van der Waals surface area contributed by atoms with Crippen molar-refractivity contribution in [1.82, 2.24) is 0 Å². The summed E-state index contributed by atoms with van der Waals surface area (Å²) in [5.41, 5.74) is 1.23. The summed E-state index contributed by atoms with van der Waals surface area (Å²) in [7, 11) is 0. The molecule has 20 heavy (non-hydrogen) atoms. The Balaban J connectivity index is 1.89. The highest BCUT2D eigenvalue weighted by Crippen LogP contribution is 2.13. The van der Waals surface area contributed by atoms with Gasteiger partial charge in [0.2, 0.25) is 0 Å². The smallest absolute Gasteiger partial charge is 0.262 e. The Morgan fingerprint density at radius 1 is 1.25 bits per heavy atom. The van der Waals surface area contributed by atoms with Crippen molar-refractivity contribution in [1.29, 1.82) is 5.26 Å². The summed E-state index contributed by atoms with van der Waals surface area (Å²) in [6.07, 6.45) is 0. The molecule has 1 amide bonds. The monoisotopic (exact) mass is 378 g/mol. The lowest BCUT2D eigenvalue weighted by Crippen LogP contribution is -2.20. The number of carbonyl (C=O) groups excluding carboxylic acids is 1. The number of nitriles is 1. The Kier molecular flexibility index (Phi) is 4.96. The molecule has 0 fully saturated rings. The summed E-state index contributed by atoms with van der Waals surface area (Å²) in [4.78, 5) is 11.7. The van der Waals surface area contributed by atoms with Crippen LogP contribution in [0.3, 0.4) is 0 Å². The highest BCUT2D eigenvalue weighted by Gasteiger charge is 2.04. The summed E-state index contributed by atoms with van der Waals surface area (Å²) in [5, 5.41) is 11.5. The second-order valence-corrected chi connectivity index (χ2v) is 5.23. The van der Waals surface area contributed by atoms with E-state index in [1.54, 1.807) is 24.3 Å². The van der Waals surface area contributed by atoms with Crippen molar-refractivity contribution in [3.63, 3.8) is 0 Å². The lowest BCUT2D eigenvalue weighted by molar-refractivity contribution is -0.118. The molecule has 0 spiro atoms. The molecule has 2 aromatic carbocycles. The molecule has 0 aromatic heterocycles. The van der Waals surface area contributed by atoms with Gasteiger partial charge in [0, 0.05) is 9.26 Å². The zero-order chi connectivity index (χ0) is 14.4. The van der Waals surface area contributed by atoms with Crippen LogP contribution in [0.2, 0.25) is 0 Å². The molecule has 0 aliphatic rings. The molecule has 0 bridgehead atoms. The molecule has 2 aromatic rings. The zero-order valence-electron chi connectivity index (χ0n) is 10.5. The van der Waals surface area contributed by atoms with Gasteiger partial charge in [-0.1, -0.05) is 6.07 Å². The Morgan fingerprint density at radius 2 is 2.00 bits per heavy atom. The van der Waals surface area contributed by atoms with E-state index in [1.165, 1.54) is 0 Å². The van der Waals surface area contributed by atoms with Gasteiger partial charge in [-0.05, 0) is 65.1 Å². The molecule has 0 saturated carbocycles. The number of carbonyl (C=O) groups is 1. The van der Waals surface area contributed by atoms with Crippen LogP contribution >= 0.6 is 22.6 Å². The first kappa shape index (κ1) is 14.3. The van der Waals surface area contributed by atoms with Gasteiger partial charge in [-0.2, -0.15) is 5.26 Å². The van der Waals surface area contributed by atoms with E-state index in [9.17, 15) is 4.79 Å². The number of rotatable bonds is 4. The number of anilines is 1. The maximum atomic E-state index is 11.7. The number of nitrogens with zero attached hydrogens (tertiary/aromatic N) is 1. The van der Waals surface area contributed by atoms with Crippen molar-refractivity contribution in [2.45, 2.75) is 0 Å². The van der Waals surface area contributed by atoms with Gasteiger partial charge in [0.25, 0.3) is 5.91 Å². The van der Waals surface area contributed by atoms with E-state index < -0.39 is 0 Å². The number of halogens is 1. The number of ether oxygens (including phenoxy) is 1. The molecular weight excluding hydrogens is 367 g/mol. The standard InChI is InChI=1S/C15H11IN2O2/c16-12-4-6-13(7-5-12)18-15(19)10-20-14-3-1-2-11(8-14)9-17/h1-8H,10H2,(H,18,19). The minimum absolute atomic E-state index is 0.0964. The highest BCUT2D eigenvalue weighted by atomic mass is 127. The fraction of sp³-hybridized carbons (Fsp3) is 0.0667. The van der Waals surface area contributed by atoms with Crippen molar-refractivity contribution in [3.8, 4) is 11.8 Å². The van der Waals surface area contributed by atoms with Crippen LogP contribution < -0.4 is 10.1 Å². The average Bonchev–Trinajstić information content (AvgIpc) is 2.48. The molecule has 0 atom stereocenters. The molecule has 100 valence electrons. The van der Waals surface area contributed by atoms with Crippen molar-refractivity contribution in [2.24, 2.45) is 0 Å². The Morgan fingerprint density at radius 3 is 2.70 bits per heavy atom. The minimum atomic E-state index is -0.242. The summed E-state index contributed by atoms with van der Waals surface area (Å²) in [5.74, 6) is 0.260. The summed E-state index contributed by atoms with van der Waals surface area (Å²) in [6.45, 7) is -0.0964. The first-order chi connectivity index (χ1) is 9.67. The van der Waals surface area contributed by atoms with E-state index in [2.05, 4.69) is 27.9 Å². The van der Waals surface area contributed by atoms with E-state index in [4.69, 9.17) is 10.00 Å². The van der Waals surface area contributed by atoms with Crippen molar-refractivity contribution in [3.05, 3.63) is 57.7 Å². The number of benzene rings is 2. The van der Waals surface area contributed by atoms with Crippen molar-refractivity contribution < 1.29 is 9.53 Å². The molecule has 0 aliphatic heterocycles. The van der Waals surface area contributed by atoms with Crippen LogP contribution in [0.25, 0.3) is 0 Å². The molecule has 0 heterocycles. The maximum absolute atomic E-state index is 11.7. The lowest BCUT2D eigenvalue weighted by Gasteiger charge is -2.07. The third kappa shape index (κ3) is 4.24. The zero-order valence-corrected chi connectivity index (χ0v) is 12.6. The van der Waals surface area contributed by atoms with Crippen molar-refractivity contribution in [2.75, 3.05) is 11.9 Å². The van der Waals surface area contributed by atoms with Gasteiger partial charge >= 0.3 is 0 Å². The van der Waals surface area contributed by atoms with Crippen LogP contribution in [-0.4, -0.2) is 12.5 Å². The Hall–Kier alpha value is -2.07. The normalized spacial score (nSPS) is 9.60. The van der Waals surface area contributed by atoms with E-state index in [1.807, 2.05) is 30.3 Å². The van der Waals surface area contributed by atoms with Crippen LogP contribution in [0, 0.1) is 14.9 Å². The Bertz CT molecular complexity index is 648. The van der Waals surface area contributed by atoms with Gasteiger partial charge in [-0.15, -0.1) is 0 Å². The molecule has 0 radical (unpaired) electrons. The Labute approximate surface area is 130 Å². The number of amides is 1. The van der Waals surface area contributed by atoms with Crippen LogP contribution in [-0.2, 0) is 4.79 Å². The number of hydrogen-bond donors (Lipinski definition) is 1. The minimum Gasteiger partial charge on any atom is -0.484 e. The number of hydrogen-bond acceptors (Lipinski definition) is 3. The van der Waals surface area contributed by atoms with Crippen LogP contribution in [0.5, 0.6) is 5.75 Å². The molecule has 4 nitrogen and oxygen atoms in total. The van der Waals surface area contributed by atoms with Gasteiger partial charge in [0.1, 0.15) is 5.75 Å². The van der Waals surface area contributed by atoms with Gasteiger partial charge < -0.3 is 10.1 Å². The molecule has 0 unspecified atom stereocenters. The van der Waals surface area contributed by atoms with Crippen molar-refractivity contribution >= 4 is 34.2 Å². The maximum Gasteiger partial charge on any atom is 0.262 e. The molecule has 0 saturated heterocycles. The second-order valence-electron chi connectivity index (χ2n) is 3.98. The van der Waals surface area contributed by atoms with E-state index in [0.29, 0.717) is 11.3 Å². The summed E-state index contributed by atoms with van der Waals surface area (Å²) in [6, 6.07) is 16.2. The molecule has 5 heteroatoms. The largest absolute Gasteiger partial charge is 0.484 e. The molecule has 2 rings (SSSR count). The predicted molar refractivity (Wildman–Crippen MR) is 84.4 cm³/mol.